The van der Waals surface area contributed by atoms with E-state index in [0.29, 0.717) is 6.42 Å². The van der Waals surface area contributed by atoms with Crippen molar-refractivity contribution in [1.82, 2.24) is 0 Å². The van der Waals surface area contributed by atoms with E-state index in [9.17, 15) is 24.5 Å². The number of phosphoric ester groups is 1. The van der Waals surface area contributed by atoms with Crippen molar-refractivity contribution in [3.8, 4) is 0 Å². The van der Waals surface area contributed by atoms with Gasteiger partial charge < -0.3 is 34.4 Å². The van der Waals surface area contributed by atoms with E-state index in [2.05, 4.69) is 4.52 Å². The zero-order valence-electron chi connectivity index (χ0n) is 16.9. The summed E-state index contributed by atoms with van der Waals surface area (Å²) in [5, 5.41) is 29.3. The van der Waals surface area contributed by atoms with Gasteiger partial charge in [0.2, 0.25) is 0 Å². The Bertz CT molecular complexity index is 722. The third-order valence-electron chi connectivity index (χ3n) is 3.81. The number of ether oxygens (including phenoxy) is 1. The van der Waals surface area contributed by atoms with Gasteiger partial charge in [-0.2, -0.15) is 0 Å². The third kappa shape index (κ3) is 12.8. The Morgan fingerprint density at radius 2 is 2.07 bits per heavy atom. The van der Waals surface area contributed by atoms with Crippen LogP contribution in [0.2, 0.25) is 0 Å². The number of carbonyl (C=O) groups excluding carboxylic acids is 1. The molecule has 162 valence electrons. The van der Waals surface area contributed by atoms with Crippen LogP contribution in [0.1, 0.15) is 19.8 Å². The maximum absolute atomic E-state index is 11.2. The van der Waals surface area contributed by atoms with Gasteiger partial charge in [-0.3, -0.25) is 4.57 Å². The summed E-state index contributed by atoms with van der Waals surface area (Å²) in [4.78, 5) is 31.5. The van der Waals surface area contributed by atoms with E-state index in [1.165, 1.54) is 43.4 Å². The zero-order chi connectivity index (χ0) is 21.9. The van der Waals surface area contributed by atoms with Crippen LogP contribution >= 0.6 is 7.82 Å². The molecule has 0 radical (unpaired) electrons. The molecule has 0 amide bonds. The maximum Gasteiger partial charge on any atom is 1.00 e. The summed E-state index contributed by atoms with van der Waals surface area (Å²) in [5.74, 6) is -0.541. The minimum atomic E-state index is -5.21. The number of esters is 1. The first-order chi connectivity index (χ1) is 13.5. The molecule has 4 N–H and O–H groups in total. The van der Waals surface area contributed by atoms with Crippen molar-refractivity contribution < 1.29 is 73.3 Å². The van der Waals surface area contributed by atoms with Gasteiger partial charge in [-0.25, -0.2) is 4.79 Å². The van der Waals surface area contributed by atoms with Gasteiger partial charge in [-0.15, -0.1) is 0 Å². The average molecular weight is 452 g/mol. The van der Waals surface area contributed by atoms with Crippen LogP contribution in [0.15, 0.2) is 60.8 Å². The summed E-state index contributed by atoms with van der Waals surface area (Å²) < 4.78 is 20.8. The molecule has 5 atom stereocenters. The van der Waals surface area contributed by atoms with Gasteiger partial charge in [0.15, 0.2) is 0 Å². The van der Waals surface area contributed by atoms with Gasteiger partial charge in [0.1, 0.15) is 17.8 Å². The standard InChI is InChI=1S/C19H27O9P.Na/c1-19(23,12-11-16-9-7-10-18(22)27-16)17(28-29(24,25)26)14-15(21)8-5-3-2-4-6-13-20;/h2-8,10-12,15-17,20-21,23H,9,13-14H2,1H3,(H2,24,25,26);/q;+1/p-1. The van der Waals surface area contributed by atoms with Crippen LogP contribution in [0.5, 0.6) is 0 Å². The Labute approximate surface area is 197 Å². The van der Waals surface area contributed by atoms with Crippen LogP contribution in [-0.2, 0) is 18.6 Å². The second kappa shape index (κ2) is 14.3. The Kier molecular flexibility index (Phi) is 13.9. The first kappa shape index (κ1) is 29.2. The molecule has 0 aliphatic carbocycles. The Morgan fingerprint density at radius 1 is 1.40 bits per heavy atom. The fourth-order valence-electron chi connectivity index (χ4n) is 2.37. The molecular formula is C19H26NaO9P. The molecule has 0 saturated carbocycles. The number of aliphatic hydroxyl groups is 3. The molecule has 1 heterocycles. The fraction of sp³-hybridized carbons (Fsp3) is 0.421. The maximum atomic E-state index is 11.2. The average Bonchev–Trinajstić information content (AvgIpc) is 2.61. The van der Waals surface area contributed by atoms with E-state index in [1.54, 1.807) is 24.3 Å². The molecule has 1 aliphatic rings. The van der Waals surface area contributed by atoms with E-state index in [4.69, 9.17) is 14.7 Å². The molecule has 0 spiro atoms. The summed E-state index contributed by atoms with van der Waals surface area (Å²) in [5.41, 5.74) is -1.91. The van der Waals surface area contributed by atoms with E-state index in [1.807, 2.05) is 0 Å². The number of allylic oxidation sites excluding steroid dienone is 4. The number of carbonyl (C=O) groups is 1. The fourth-order valence-corrected chi connectivity index (χ4v) is 2.99. The van der Waals surface area contributed by atoms with Crippen molar-refractivity contribution in [1.29, 1.82) is 0 Å². The van der Waals surface area contributed by atoms with Crippen LogP contribution < -0.4 is 34.5 Å². The van der Waals surface area contributed by atoms with E-state index in [0.717, 1.165) is 0 Å². The van der Waals surface area contributed by atoms with Gasteiger partial charge in [-0.05, 0) is 13.0 Å². The predicted octanol–water partition coefficient (Wildman–Crippen LogP) is -2.57. The molecule has 30 heavy (non-hydrogen) atoms. The normalized spacial score (nSPS) is 23.4. The second-order valence-electron chi connectivity index (χ2n) is 6.44. The third-order valence-corrected chi connectivity index (χ3v) is 4.34. The van der Waals surface area contributed by atoms with Crippen LogP contribution in [0, 0.1) is 0 Å². The number of hydrogen-bond acceptors (Lipinski definition) is 8. The van der Waals surface area contributed by atoms with Gasteiger partial charge >= 0.3 is 35.5 Å². The minimum absolute atomic E-state index is 0. The largest absolute Gasteiger partial charge is 1.00 e. The molecule has 11 heteroatoms. The van der Waals surface area contributed by atoms with E-state index >= 15 is 0 Å². The quantitative estimate of drug-likeness (QED) is 0.0870. The minimum Gasteiger partial charge on any atom is -0.756 e. The molecule has 1 aliphatic heterocycles. The molecule has 9 nitrogen and oxygen atoms in total. The second-order valence-corrected chi connectivity index (χ2v) is 7.59. The Hall–Kier alpha value is -0.840. The van der Waals surface area contributed by atoms with Gasteiger partial charge in [0, 0.05) is 18.9 Å². The smallest absolute Gasteiger partial charge is 0.756 e. The number of hydrogen-bond donors (Lipinski definition) is 4. The summed E-state index contributed by atoms with van der Waals surface area (Å²) in [6.07, 6.45) is 11.2. The molecule has 0 aromatic heterocycles. The topological polar surface area (TPSA) is 157 Å². The first-order valence-corrected chi connectivity index (χ1v) is 10.3. The predicted molar refractivity (Wildman–Crippen MR) is 103 cm³/mol. The van der Waals surface area contributed by atoms with Crippen molar-refractivity contribution in [3.05, 3.63) is 60.8 Å². The number of cyclic esters (lactones) is 1. The van der Waals surface area contributed by atoms with Crippen molar-refractivity contribution in [2.75, 3.05) is 6.61 Å². The molecule has 5 unspecified atom stereocenters. The molecular weight excluding hydrogens is 426 g/mol. The molecule has 1 rings (SSSR count). The van der Waals surface area contributed by atoms with Crippen molar-refractivity contribution >= 4 is 13.8 Å². The number of aliphatic hydroxyl groups excluding tert-OH is 2. The molecule has 0 fully saturated rings. The Balaban J connectivity index is 0.00000841. The first-order valence-electron chi connectivity index (χ1n) is 8.83. The molecule has 0 saturated heterocycles. The van der Waals surface area contributed by atoms with Gasteiger partial charge in [0.25, 0.3) is 7.82 Å². The van der Waals surface area contributed by atoms with Crippen molar-refractivity contribution in [2.24, 2.45) is 0 Å². The van der Waals surface area contributed by atoms with Gasteiger partial charge in [-0.1, -0.05) is 48.6 Å². The molecule has 0 aromatic rings. The van der Waals surface area contributed by atoms with E-state index < -0.39 is 37.7 Å². The summed E-state index contributed by atoms with van der Waals surface area (Å²) in [7, 11) is -5.21. The summed E-state index contributed by atoms with van der Waals surface area (Å²) >= 11 is 0. The number of phosphoric acid groups is 1. The molecule has 0 bridgehead atoms. The SMILES string of the molecule is CC(O)(C=CC1CC=CC(=O)O1)C(CC(O)C=CC=CC=CCO)OP(=O)([O-])O.[Na+]. The van der Waals surface area contributed by atoms with Crippen LogP contribution in [-0.4, -0.2) is 56.7 Å². The van der Waals surface area contributed by atoms with Crippen LogP contribution in [0.3, 0.4) is 0 Å². The van der Waals surface area contributed by atoms with Crippen molar-refractivity contribution in [3.63, 3.8) is 0 Å². The van der Waals surface area contributed by atoms with Crippen LogP contribution in [0.4, 0.5) is 0 Å². The monoisotopic (exact) mass is 452 g/mol. The number of rotatable bonds is 11. The Morgan fingerprint density at radius 3 is 2.67 bits per heavy atom. The molecule has 0 aromatic carbocycles. The van der Waals surface area contributed by atoms with Crippen molar-refractivity contribution in [2.45, 2.75) is 43.7 Å². The summed E-state index contributed by atoms with van der Waals surface area (Å²) in [6.45, 7) is 1.13. The zero-order valence-corrected chi connectivity index (χ0v) is 19.8. The van der Waals surface area contributed by atoms with Crippen LogP contribution in [0.25, 0.3) is 0 Å². The van der Waals surface area contributed by atoms with Gasteiger partial charge in [0.05, 0.1) is 12.7 Å². The summed E-state index contributed by atoms with van der Waals surface area (Å²) in [6, 6.07) is 0. The van der Waals surface area contributed by atoms with E-state index in [-0.39, 0.29) is 42.6 Å².